The molecule has 0 unspecified atom stereocenters. The van der Waals surface area contributed by atoms with Gasteiger partial charge in [-0.3, -0.25) is 0 Å². The SMILES string of the molecule is c1ccc(-c2cc(-c3ccccc3)cc(-c3c4ccccc4c(-c4oc5ccccc5c4-c4ccc5ccccc5c4)c4ccccc34)c2)cc1. The summed E-state index contributed by atoms with van der Waals surface area (Å²) in [4.78, 5) is 0. The van der Waals surface area contributed by atoms with E-state index < -0.39 is 0 Å². The molecule has 0 radical (unpaired) electrons. The molecule has 1 heterocycles. The molecule has 10 aromatic rings. The lowest BCUT2D eigenvalue weighted by Gasteiger charge is -2.19. The highest BCUT2D eigenvalue weighted by atomic mass is 16.3. The normalized spacial score (nSPS) is 11.5. The minimum absolute atomic E-state index is 0.885. The first kappa shape index (κ1) is 29.2. The van der Waals surface area contributed by atoms with Crippen LogP contribution in [-0.2, 0) is 0 Å². The van der Waals surface area contributed by atoms with Crippen LogP contribution in [0.1, 0.15) is 0 Å². The Balaban J connectivity index is 1.30. The van der Waals surface area contributed by atoms with E-state index >= 15 is 0 Å². The van der Waals surface area contributed by atoms with Gasteiger partial charge in [0.15, 0.2) is 0 Å². The predicted octanol–water partition coefficient (Wildman–Crippen LogP) is 14.2. The Morgan fingerprint density at radius 2 is 0.725 bits per heavy atom. The molecule has 0 aliphatic carbocycles. The second kappa shape index (κ2) is 12.0. The van der Waals surface area contributed by atoms with Crippen molar-refractivity contribution < 1.29 is 4.42 Å². The number of fused-ring (bicyclic) bond motifs is 4. The smallest absolute Gasteiger partial charge is 0.144 e. The van der Waals surface area contributed by atoms with E-state index in [-0.39, 0.29) is 0 Å². The summed E-state index contributed by atoms with van der Waals surface area (Å²) in [6, 6.07) is 69.9. The van der Waals surface area contributed by atoms with Gasteiger partial charge in [-0.25, -0.2) is 0 Å². The summed E-state index contributed by atoms with van der Waals surface area (Å²) in [5, 5.41) is 8.27. The maximum absolute atomic E-state index is 6.97. The predicted molar refractivity (Wildman–Crippen MR) is 216 cm³/mol. The van der Waals surface area contributed by atoms with Crippen molar-refractivity contribution in [2.75, 3.05) is 0 Å². The van der Waals surface area contributed by atoms with Crippen molar-refractivity contribution >= 4 is 43.3 Å². The summed E-state index contributed by atoms with van der Waals surface area (Å²) in [7, 11) is 0. The summed E-state index contributed by atoms with van der Waals surface area (Å²) in [5.74, 6) is 0.897. The molecule has 1 nitrogen and oxygen atoms in total. The second-order valence-corrected chi connectivity index (χ2v) is 13.2. The zero-order valence-corrected chi connectivity index (χ0v) is 27.9. The molecule has 0 spiro atoms. The molecule has 0 saturated heterocycles. The molecule has 10 rings (SSSR count). The summed E-state index contributed by atoms with van der Waals surface area (Å²) in [5.41, 5.74) is 11.5. The summed E-state index contributed by atoms with van der Waals surface area (Å²) < 4.78 is 6.97. The van der Waals surface area contributed by atoms with Gasteiger partial charge in [-0.15, -0.1) is 0 Å². The van der Waals surface area contributed by atoms with Crippen molar-refractivity contribution in [3.63, 3.8) is 0 Å². The number of benzene rings is 9. The number of rotatable bonds is 5. The van der Waals surface area contributed by atoms with Crippen molar-refractivity contribution in [1.82, 2.24) is 0 Å². The van der Waals surface area contributed by atoms with E-state index in [1.54, 1.807) is 0 Å². The Morgan fingerprint density at radius 1 is 0.255 bits per heavy atom. The van der Waals surface area contributed by atoms with Crippen molar-refractivity contribution in [1.29, 1.82) is 0 Å². The summed E-state index contributed by atoms with van der Waals surface area (Å²) in [6.45, 7) is 0. The van der Waals surface area contributed by atoms with Crippen LogP contribution in [-0.4, -0.2) is 0 Å². The molecule has 1 heteroatoms. The molecule has 0 aliphatic rings. The van der Waals surface area contributed by atoms with E-state index in [4.69, 9.17) is 4.42 Å². The van der Waals surface area contributed by atoms with Gasteiger partial charge in [0.1, 0.15) is 11.3 Å². The molecule has 0 amide bonds. The summed E-state index contributed by atoms with van der Waals surface area (Å²) >= 11 is 0. The first-order chi connectivity index (χ1) is 25.3. The van der Waals surface area contributed by atoms with E-state index in [0.717, 1.165) is 33.4 Å². The highest BCUT2D eigenvalue weighted by Gasteiger charge is 2.24. The standard InChI is InChI=1S/C50H32O/c1-3-15-33(16-4-1)38-30-39(34-17-5-2-6-18-34)32-40(31-38)47-41-21-9-11-23-43(41)49(44-24-12-10-22-42(44)47)50-48(45-25-13-14-26-46(45)51-50)37-28-27-35-19-7-8-20-36(35)29-37/h1-32H. The van der Waals surface area contributed by atoms with Crippen LogP contribution in [0.25, 0.3) is 99.1 Å². The van der Waals surface area contributed by atoms with Gasteiger partial charge in [-0.1, -0.05) is 164 Å². The van der Waals surface area contributed by atoms with Crippen LogP contribution < -0.4 is 0 Å². The van der Waals surface area contributed by atoms with Crippen LogP contribution >= 0.6 is 0 Å². The third-order valence-electron chi connectivity index (χ3n) is 10.2. The quantitative estimate of drug-likeness (QED) is 0.169. The first-order valence-corrected chi connectivity index (χ1v) is 17.5. The van der Waals surface area contributed by atoms with Crippen LogP contribution in [0.15, 0.2) is 199 Å². The lowest BCUT2D eigenvalue weighted by molar-refractivity contribution is 0.634. The van der Waals surface area contributed by atoms with Gasteiger partial charge in [0, 0.05) is 16.5 Å². The molecule has 51 heavy (non-hydrogen) atoms. The molecule has 0 bridgehead atoms. The van der Waals surface area contributed by atoms with Crippen molar-refractivity contribution in [3.05, 3.63) is 194 Å². The van der Waals surface area contributed by atoms with Crippen LogP contribution in [0.3, 0.4) is 0 Å². The Labute approximate surface area is 296 Å². The lowest BCUT2D eigenvalue weighted by Crippen LogP contribution is -1.92. The maximum atomic E-state index is 6.97. The van der Waals surface area contributed by atoms with E-state index in [2.05, 4.69) is 194 Å². The third kappa shape index (κ3) is 4.94. The zero-order chi connectivity index (χ0) is 33.7. The summed E-state index contributed by atoms with van der Waals surface area (Å²) in [6.07, 6.45) is 0. The molecule has 0 fully saturated rings. The number of para-hydroxylation sites is 1. The van der Waals surface area contributed by atoms with Crippen molar-refractivity contribution in [3.8, 4) is 55.8 Å². The van der Waals surface area contributed by atoms with E-state index in [0.29, 0.717) is 0 Å². The van der Waals surface area contributed by atoms with Gasteiger partial charge in [-0.05, 0) is 102 Å². The Hall–Kier alpha value is -6.70. The fraction of sp³-hybridized carbons (Fsp3) is 0. The molecule has 0 saturated carbocycles. The second-order valence-electron chi connectivity index (χ2n) is 13.2. The fourth-order valence-corrected chi connectivity index (χ4v) is 7.90. The van der Waals surface area contributed by atoms with Gasteiger partial charge >= 0.3 is 0 Å². The number of hydrogen-bond donors (Lipinski definition) is 0. The van der Waals surface area contributed by atoms with Gasteiger partial charge in [0.2, 0.25) is 0 Å². The first-order valence-electron chi connectivity index (χ1n) is 17.5. The molecule has 1 aromatic heterocycles. The van der Waals surface area contributed by atoms with Crippen molar-refractivity contribution in [2.24, 2.45) is 0 Å². The van der Waals surface area contributed by atoms with Gasteiger partial charge in [-0.2, -0.15) is 0 Å². The highest BCUT2D eigenvalue weighted by Crippen LogP contribution is 2.49. The third-order valence-corrected chi connectivity index (χ3v) is 10.2. The molecule has 238 valence electrons. The Morgan fingerprint density at radius 3 is 1.33 bits per heavy atom. The molecular weight excluding hydrogens is 617 g/mol. The minimum Gasteiger partial charge on any atom is -0.455 e. The van der Waals surface area contributed by atoms with Crippen LogP contribution in [0.2, 0.25) is 0 Å². The van der Waals surface area contributed by atoms with Crippen molar-refractivity contribution in [2.45, 2.75) is 0 Å². The fourth-order valence-electron chi connectivity index (χ4n) is 7.90. The zero-order valence-electron chi connectivity index (χ0n) is 27.9. The molecule has 0 atom stereocenters. The largest absolute Gasteiger partial charge is 0.455 e. The maximum Gasteiger partial charge on any atom is 0.144 e. The average molecular weight is 649 g/mol. The number of hydrogen-bond acceptors (Lipinski definition) is 1. The van der Waals surface area contributed by atoms with E-state index in [1.807, 2.05) is 0 Å². The minimum atomic E-state index is 0.885. The van der Waals surface area contributed by atoms with Crippen LogP contribution in [0, 0.1) is 0 Å². The highest BCUT2D eigenvalue weighted by molar-refractivity contribution is 6.23. The van der Waals surface area contributed by atoms with Gasteiger partial charge in [0.05, 0.1) is 0 Å². The molecule has 0 N–H and O–H groups in total. The molecule has 9 aromatic carbocycles. The Bertz CT molecular complexity index is 2780. The van der Waals surface area contributed by atoms with E-state index in [1.165, 1.54) is 65.7 Å². The molecule has 0 aliphatic heterocycles. The topological polar surface area (TPSA) is 13.1 Å². The van der Waals surface area contributed by atoms with Gasteiger partial charge < -0.3 is 4.42 Å². The monoisotopic (exact) mass is 648 g/mol. The van der Waals surface area contributed by atoms with Gasteiger partial charge in [0.25, 0.3) is 0 Å². The van der Waals surface area contributed by atoms with Crippen LogP contribution in [0.5, 0.6) is 0 Å². The number of furan rings is 1. The lowest BCUT2D eigenvalue weighted by atomic mass is 9.84. The van der Waals surface area contributed by atoms with E-state index in [9.17, 15) is 0 Å². The van der Waals surface area contributed by atoms with Crippen LogP contribution in [0.4, 0.5) is 0 Å². The Kier molecular flexibility index (Phi) is 6.89. The molecular formula is C50H32O. The average Bonchev–Trinajstić information content (AvgIpc) is 3.59.